The zero-order valence-corrected chi connectivity index (χ0v) is 15.2. The van der Waals surface area contributed by atoms with Crippen LogP contribution in [0.25, 0.3) is 0 Å². The van der Waals surface area contributed by atoms with Crippen molar-refractivity contribution in [2.75, 3.05) is 26.2 Å². The molecule has 0 fully saturated rings. The number of amides is 3. The van der Waals surface area contributed by atoms with Gasteiger partial charge in [0.15, 0.2) is 0 Å². The summed E-state index contributed by atoms with van der Waals surface area (Å²) in [5.74, 6) is -3.33. The minimum atomic E-state index is -1.08. The summed E-state index contributed by atoms with van der Waals surface area (Å²) in [5.41, 5.74) is 0. The summed E-state index contributed by atoms with van der Waals surface area (Å²) in [6.07, 6.45) is 3.61. The molecular weight excluding hydrogens is 358 g/mol. The molecule has 1 unspecified atom stereocenters. The molecule has 0 aromatic heterocycles. The molecule has 1 atom stereocenters. The zero-order valence-electron chi connectivity index (χ0n) is 15.2. The Bertz CT molecular complexity index is 600. The SMILES string of the molecule is CCN(CC(=O)O)C(CCCCNC(=O)CCN1C(=O)C=CC1=O)C(=O)O. The highest BCUT2D eigenvalue weighted by Gasteiger charge is 2.26. The smallest absolute Gasteiger partial charge is 0.320 e. The summed E-state index contributed by atoms with van der Waals surface area (Å²) in [5, 5.41) is 20.8. The number of nitrogens with zero attached hydrogens (tertiary/aromatic N) is 2. The van der Waals surface area contributed by atoms with Gasteiger partial charge in [-0.3, -0.25) is 33.8 Å². The van der Waals surface area contributed by atoms with E-state index in [9.17, 15) is 29.1 Å². The minimum absolute atomic E-state index is 0.000858. The van der Waals surface area contributed by atoms with Crippen molar-refractivity contribution >= 4 is 29.7 Å². The van der Waals surface area contributed by atoms with Gasteiger partial charge in [0.2, 0.25) is 5.91 Å². The number of aliphatic carboxylic acids is 2. The molecule has 1 heterocycles. The number of hydrogen-bond donors (Lipinski definition) is 3. The van der Waals surface area contributed by atoms with Crippen LogP contribution in [-0.2, 0) is 24.0 Å². The van der Waals surface area contributed by atoms with Gasteiger partial charge in [-0.15, -0.1) is 0 Å². The number of carboxylic acid groups (broad SMARTS) is 2. The minimum Gasteiger partial charge on any atom is -0.480 e. The number of imide groups is 1. The van der Waals surface area contributed by atoms with Crippen LogP contribution < -0.4 is 5.32 Å². The quantitative estimate of drug-likeness (QED) is 0.284. The second kappa shape index (κ2) is 11.1. The van der Waals surface area contributed by atoms with Crippen molar-refractivity contribution in [3.05, 3.63) is 12.2 Å². The topological polar surface area (TPSA) is 144 Å². The maximum atomic E-state index is 11.7. The Morgan fingerprint density at radius 1 is 1.15 bits per heavy atom. The van der Waals surface area contributed by atoms with Crippen LogP contribution in [0.15, 0.2) is 12.2 Å². The highest BCUT2D eigenvalue weighted by molar-refractivity contribution is 6.13. The van der Waals surface area contributed by atoms with Crippen molar-refractivity contribution < 1.29 is 34.2 Å². The van der Waals surface area contributed by atoms with Gasteiger partial charge < -0.3 is 15.5 Å². The van der Waals surface area contributed by atoms with Crippen LogP contribution in [0.5, 0.6) is 0 Å². The third-order valence-electron chi connectivity index (χ3n) is 4.16. The number of carboxylic acids is 2. The van der Waals surface area contributed by atoms with Crippen LogP contribution in [0.1, 0.15) is 32.6 Å². The van der Waals surface area contributed by atoms with E-state index >= 15 is 0 Å². The molecule has 0 aromatic rings. The van der Waals surface area contributed by atoms with Crippen molar-refractivity contribution in [3.8, 4) is 0 Å². The number of likely N-dealkylation sites (N-methyl/N-ethyl adjacent to an activating group) is 1. The number of rotatable bonds is 13. The van der Waals surface area contributed by atoms with E-state index in [4.69, 9.17) is 5.11 Å². The molecule has 1 aliphatic heterocycles. The largest absolute Gasteiger partial charge is 0.480 e. The molecule has 0 aromatic carbocycles. The first-order valence-corrected chi connectivity index (χ1v) is 8.75. The van der Waals surface area contributed by atoms with E-state index in [1.54, 1.807) is 6.92 Å². The average Bonchev–Trinajstić information content (AvgIpc) is 2.92. The van der Waals surface area contributed by atoms with Gasteiger partial charge >= 0.3 is 11.9 Å². The van der Waals surface area contributed by atoms with Crippen LogP contribution in [0.3, 0.4) is 0 Å². The number of nitrogens with one attached hydrogen (secondary N) is 1. The summed E-state index contributed by atoms with van der Waals surface area (Å²) in [6.45, 7) is 2.01. The third-order valence-corrected chi connectivity index (χ3v) is 4.16. The Labute approximate surface area is 156 Å². The van der Waals surface area contributed by atoms with Crippen molar-refractivity contribution in [1.82, 2.24) is 15.1 Å². The van der Waals surface area contributed by atoms with Crippen molar-refractivity contribution in [2.45, 2.75) is 38.6 Å². The van der Waals surface area contributed by atoms with E-state index in [1.807, 2.05) is 0 Å². The Morgan fingerprint density at radius 2 is 1.78 bits per heavy atom. The summed E-state index contributed by atoms with van der Waals surface area (Å²) < 4.78 is 0. The maximum Gasteiger partial charge on any atom is 0.320 e. The standard InChI is InChI=1S/C17H25N3O7/c1-2-19(11-16(24)25)12(17(26)27)5-3-4-9-18-13(21)8-10-20-14(22)6-7-15(20)23/h6-7,12H,2-5,8-11H2,1H3,(H,18,21)(H,24,25)(H,26,27). The fourth-order valence-corrected chi connectivity index (χ4v) is 2.72. The second-order valence-electron chi connectivity index (χ2n) is 6.07. The van der Waals surface area contributed by atoms with Gasteiger partial charge in [-0.1, -0.05) is 6.92 Å². The molecule has 0 saturated carbocycles. The molecule has 3 amide bonds. The van der Waals surface area contributed by atoms with Crippen LogP contribution >= 0.6 is 0 Å². The molecule has 3 N–H and O–H groups in total. The van der Waals surface area contributed by atoms with E-state index in [-0.39, 0.29) is 31.8 Å². The molecule has 1 aliphatic rings. The van der Waals surface area contributed by atoms with Crippen LogP contribution in [-0.4, -0.2) is 81.9 Å². The van der Waals surface area contributed by atoms with Crippen molar-refractivity contribution in [3.63, 3.8) is 0 Å². The molecular formula is C17H25N3O7. The van der Waals surface area contributed by atoms with Gasteiger partial charge in [0, 0.05) is 31.7 Å². The van der Waals surface area contributed by atoms with Gasteiger partial charge in [0.25, 0.3) is 11.8 Å². The lowest BCUT2D eigenvalue weighted by Crippen LogP contribution is -2.44. The molecule has 1 rings (SSSR count). The first kappa shape index (κ1) is 22.3. The molecule has 0 bridgehead atoms. The van der Waals surface area contributed by atoms with E-state index in [0.717, 1.165) is 17.1 Å². The highest BCUT2D eigenvalue weighted by atomic mass is 16.4. The maximum absolute atomic E-state index is 11.7. The van der Waals surface area contributed by atoms with Gasteiger partial charge in [-0.05, 0) is 25.8 Å². The fraction of sp³-hybridized carbons (Fsp3) is 0.588. The van der Waals surface area contributed by atoms with E-state index < -0.39 is 29.8 Å². The lowest BCUT2D eigenvalue weighted by molar-refractivity contribution is -0.147. The number of carbonyl (C=O) groups is 5. The predicted octanol–water partition coefficient (Wildman–Crippen LogP) is -0.552. The number of unbranched alkanes of at least 4 members (excludes halogenated alkanes) is 1. The fourth-order valence-electron chi connectivity index (χ4n) is 2.72. The number of carbonyl (C=O) groups excluding carboxylic acids is 3. The second-order valence-corrected chi connectivity index (χ2v) is 6.07. The van der Waals surface area contributed by atoms with Crippen molar-refractivity contribution in [2.24, 2.45) is 0 Å². The first-order valence-electron chi connectivity index (χ1n) is 8.75. The average molecular weight is 383 g/mol. The summed E-state index contributed by atoms with van der Waals surface area (Å²) >= 11 is 0. The molecule has 10 nitrogen and oxygen atoms in total. The lowest BCUT2D eigenvalue weighted by atomic mass is 10.1. The number of hydrogen-bond acceptors (Lipinski definition) is 6. The molecule has 0 aliphatic carbocycles. The molecule has 0 saturated heterocycles. The molecule has 150 valence electrons. The van der Waals surface area contributed by atoms with E-state index in [1.165, 1.54) is 4.90 Å². The van der Waals surface area contributed by atoms with Gasteiger partial charge in [-0.2, -0.15) is 0 Å². The van der Waals surface area contributed by atoms with Crippen LogP contribution in [0.2, 0.25) is 0 Å². The summed E-state index contributed by atoms with van der Waals surface area (Å²) in [4.78, 5) is 59.0. The van der Waals surface area contributed by atoms with Crippen LogP contribution in [0.4, 0.5) is 0 Å². The molecule has 0 radical (unpaired) electrons. The molecule has 10 heteroatoms. The highest BCUT2D eigenvalue weighted by Crippen LogP contribution is 2.09. The summed E-state index contributed by atoms with van der Waals surface area (Å²) in [6, 6.07) is -0.888. The monoisotopic (exact) mass is 383 g/mol. The Morgan fingerprint density at radius 3 is 2.30 bits per heavy atom. The predicted molar refractivity (Wildman–Crippen MR) is 93.6 cm³/mol. The Kier molecular flexibility index (Phi) is 9.14. The van der Waals surface area contributed by atoms with Gasteiger partial charge in [0.05, 0.1) is 6.54 Å². The van der Waals surface area contributed by atoms with E-state index in [0.29, 0.717) is 25.9 Å². The zero-order chi connectivity index (χ0) is 20.4. The van der Waals surface area contributed by atoms with Crippen LogP contribution in [0, 0.1) is 0 Å². The molecule has 27 heavy (non-hydrogen) atoms. The lowest BCUT2D eigenvalue weighted by Gasteiger charge is -2.25. The normalized spacial score (nSPS) is 14.7. The third kappa shape index (κ3) is 7.57. The van der Waals surface area contributed by atoms with E-state index in [2.05, 4.69) is 5.32 Å². The molecule has 0 spiro atoms. The summed E-state index contributed by atoms with van der Waals surface area (Å²) in [7, 11) is 0. The van der Waals surface area contributed by atoms with Gasteiger partial charge in [0.1, 0.15) is 6.04 Å². The Hall–Kier alpha value is -2.75. The van der Waals surface area contributed by atoms with Crippen molar-refractivity contribution in [1.29, 1.82) is 0 Å². The first-order chi connectivity index (χ1) is 12.8. The Balaban J connectivity index is 2.26. The van der Waals surface area contributed by atoms with Gasteiger partial charge in [-0.25, -0.2) is 0 Å².